The fraction of sp³-hybridized carbons (Fsp3) is 0.435. The van der Waals surface area contributed by atoms with E-state index in [-0.39, 0.29) is 25.6 Å². The Morgan fingerprint density at radius 3 is 2.50 bits per heavy atom. The van der Waals surface area contributed by atoms with Crippen molar-refractivity contribution < 1.29 is 29.0 Å². The lowest BCUT2D eigenvalue weighted by atomic mass is 9.73. The highest BCUT2D eigenvalue weighted by Crippen LogP contribution is 2.43. The molecular weight excluding hydrogens is 386 g/mol. The Morgan fingerprint density at radius 2 is 1.87 bits per heavy atom. The normalized spacial score (nSPS) is 25.8. The largest absolute Gasteiger partial charge is 0.465 e. The van der Waals surface area contributed by atoms with E-state index in [1.807, 2.05) is 0 Å². The highest BCUT2D eigenvalue weighted by atomic mass is 16.5. The van der Waals surface area contributed by atoms with E-state index < -0.39 is 22.9 Å². The van der Waals surface area contributed by atoms with Crippen LogP contribution < -0.4 is 4.90 Å². The van der Waals surface area contributed by atoms with Gasteiger partial charge in [0.15, 0.2) is 5.60 Å². The summed E-state index contributed by atoms with van der Waals surface area (Å²) in [4.78, 5) is 39.1. The summed E-state index contributed by atoms with van der Waals surface area (Å²) in [5.41, 5.74) is -1.33. The van der Waals surface area contributed by atoms with Gasteiger partial charge in [0.05, 0.1) is 24.3 Å². The maximum absolute atomic E-state index is 12.8. The number of allylic oxidation sites excluding steroid dienone is 1. The molecule has 1 aromatic rings. The zero-order chi connectivity index (χ0) is 21.9. The lowest BCUT2D eigenvalue weighted by molar-refractivity contribution is -0.153. The smallest absolute Gasteiger partial charge is 0.333 e. The third-order valence-electron chi connectivity index (χ3n) is 5.72. The highest BCUT2D eigenvalue weighted by Gasteiger charge is 2.48. The van der Waals surface area contributed by atoms with Crippen molar-refractivity contribution in [3.8, 4) is 0 Å². The Kier molecular flexibility index (Phi) is 6.12. The number of nitrogens with zero attached hydrogens (tertiary/aromatic N) is 1. The minimum atomic E-state index is -1.87. The first-order valence-corrected chi connectivity index (χ1v) is 10.1. The predicted octanol–water partition coefficient (Wildman–Crippen LogP) is 2.63. The molecule has 3 rings (SSSR count). The molecule has 2 unspecified atom stereocenters. The lowest BCUT2D eigenvalue weighted by Crippen LogP contribution is -2.39. The zero-order valence-electron chi connectivity index (χ0n) is 17.5. The summed E-state index contributed by atoms with van der Waals surface area (Å²) in [6, 6.07) is 6.99. The summed E-state index contributed by atoms with van der Waals surface area (Å²) in [6.07, 6.45) is 5.51. The summed E-state index contributed by atoms with van der Waals surface area (Å²) < 4.78 is 10.3. The molecule has 1 aliphatic heterocycles. The number of aliphatic hydroxyl groups is 1. The van der Waals surface area contributed by atoms with Crippen LogP contribution in [-0.4, -0.2) is 43.2 Å². The van der Waals surface area contributed by atoms with Gasteiger partial charge < -0.3 is 19.5 Å². The van der Waals surface area contributed by atoms with E-state index in [4.69, 9.17) is 9.47 Å². The second-order valence-corrected chi connectivity index (χ2v) is 7.51. The number of fused-ring (bicyclic) bond motifs is 1. The van der Waals surface area contributed by atoms with Crippen LogP contribution in [0.1, 0.15) is 38.7 Å². The average Bonchev–Trinajstić information content (AvgIpc) is 2.95. The van der Waals surface area contributed by atoms with Gasteiger partial charge in [-0.25, -0.2) is 4.79 Å². The van der Waals surface area contributed by atoms with E-state index in [1.54, 1.807) is 57.3 Å². The van der Waals surface area contributed by atoms with Gasteiger partial charge in [-0.1, -0.05) is 30.4 Å². The number of para-hydroxylation sites is 1. The molecule has 0 bridgehead atoms. The molecule has 0 spiro atoms. The van der Waals surface area contributed by atoms with Crippen LogP contribution in [0.25, 0.3) is 0 Å². The number of esters is 2. The van der Waals surface area contributed by atoms with Crippen LogP contribution in [0.15, 0.2) is 48.1 Å². The molecule has 0 radical (unpaired) electrons. The van der Waals surface area contributed by atoms with E-state index in [0.29, 0.717) is 29.7 Å². The van der Waals surface area contributed by atoms with Gasteiger partial charge in [0.2, 0.25) is 0 Å². The lowest BCUT2D eigenvalue weighted by Gasteiger charge is -2.32. The third-order valence-corrected chi connectivity index (χ3v) is 5.72. The molecule has 1 amide bonds. The first-order valence-electron chi connectivity index (χ1n) is 10.1. The molecule has 7 nitrogen and oxygen atoms in total. The van der Waals surface area contributed by atoms with Crippen molar-refractivity contribution in [2.45, 2.75) is 38.7 Å². The summed E-state index contributed by atoms with van der Waals surface area (Å²) in [6.45, 7) is 3.94. The summed E-state index contributed by atoms with van der Waals surface area (Å²) >= 11 is 0. The van der Waals surface area contributed by atoms with Gasteiger partial charge in [-0.15, -0.1) is 0 Å². The molecule has 0 saturated heterocycles. The highest BCUT2D eigenvalue weighted by molar-refractivity contribution is 6.07. The van der Waals surface area contributed by atoms with Crippen LogP contribution in [0.4, 0.5) is 5.69 Å². The Morgan fingerprint density at radius 1 is 1.17 bits per heavy atom. The number of carbonyl (C=O) groups excluding carboxylic acids is 3. The van der Waals surface area contributed by atoms with E-state index in [1.165, 1.54) is 11.0 Å². The van der Waals surface area contributed by atoms with Crippen molar-refractivity contribution in [2.24, 2.45) is 5.41 Å². The number of anilines is 1. The fourth-order valence-electron chi connectivity index (χ4n) is 3.97. The van der Waals surface area contributed by atoms with Gasteiger partial charge in [-0.3, -0.25) is 9.59 Å². The zero-order valence-corrected chi connectivity index (χ0v) is 17.5. The Balaban J connectivity index is 1.96. The molecule has 0 fully saturated rings. The number of rotatable bonds is 6. The number of hydrogen-bond donors (Lipinski definition) is 1. The topological polar surface area (TPSA) is 93.1 Å². The summed E-state index contributed by atoms with van der Waals surface area (Å²) in [7, 11) is 1.60. The standard InChI is InChI=1S/C23H27NO6/c1-4-29-19(25)16-10-12-22(13-11-16,21(27)30-5-2)14-15-23(28)17-8-6-7-9-18(17)24(3)20(23)26/h6-10,14-15,28H,4-5,11-13H2,1-3H3/b15-14+. The number of carbonyl (C=O) groups is 3. The minimum Gasteiger partial charge on any atom is -0.465 e. The van der Waals surface area contributed by atoms with Crippen molar-refractivity contribution >= 4 is 23.5 Å². The number of hydrogen-bond acceptors (Lipinski definition) is 6. The van der Waals surface area contributed by atoms with Crippen molar-refractivity contribution in [3.05, 3.63) is 53.6 Å². The van der Waals surface area contributed by atoms with Crippen LogP contribution in [0.3, 0.4) is 0 Å². The molecule has 160 valence electrons. The van der Waals surface area contributed by atoms with Crippen LogP contribution in [0, 0.1) is 5.41 Å². The third kappa shape index (κ3) is 3.65. The first-order chi connectivity index (χ1) is 14.3. The second kappa shape index (κ2) is 8.44. The van der Waals surface area contributed by atoms with E-state index >= 15 is 0 Å². The molecule has 2 aliphatic rings. The fourth-order valence-corrected chi connectivity index (χ4v) is 3.97. The van der Waals surface area contributed by atoms with Crippen LogP contribution in [-0.2, 0) is 29.5 Å². The van der Waals surface area contributed by atoms with Gasteiger partial charge in [0, 0.05) is 18.2 Å². The second-order valence-electron chi connectivity index (χ2n) is 7.51. The molecule has 1 N–H and O–H groups in total. The number of benzene rings is 1. The Hall–Kier alpha value is -2.93. The van der Waals surface area contributed by atoms with Crippen LogP contribution >= 0.6 is 0 Å². The van der Waals surface area contributed by atoms with E-state index in [9.17, 15) is 19.5 Å². The van der Waals surface area contributed by atoms with Gasteiger partial charge in [-0.05, 0) is 45.3 Å². The van der Waals surface area contributed by atoms with Crippen molar-refractivity contribution in [2.75, 3.05) is 25.2 Å². The number of amides is 1. The van der Waals surface area contributed by atoms with E-state index in [0.717, 1.165) is 0 Å². The molecule has 30 heavy (non-hydrogen) atoms. The molecule has 1 aromatic carbocycles. The molecule has 0 aromatic heterocycles. The molecule has 1 heterocycles. The van der Waals surface area contributed by atoms with E-state index in [2.05, 4.69) is 0 Å². The minimum absolute atomic E-state index is 0.206. The summed E-state index contributed by atoms with van der Waals surface area (Å²) in [5, 5.41) is 11.2. The molecule has 0 saturated carbocycles. The first kappa shape index (κ1) is 21.8. The summed E-state index contributed by atoms with van der Waals surface area (Å²) in [5.74, 6) is -1.33. The quantitative estimate of drug-likeness (QED) is 0.569. The Bertz CT molecular complexity index is 920. The van der Waals surface area contributed by atoms with Gasteiger partial charge in [0.25, 0.3) is 5.91 Å². The average molecular weight is 413 g/mol. The molecule has 2 atom stereocenters. The molecule has 1 aliphatic carbocycles. The van der Waals surface area contributed by atoms with Gasteiger partial charge in [0.1, 0.15) is 0 Å². The van der Waals surface area contributed by atoms with Crippen molar-refractivity contribution in [3.63, 3.8) is 0 Å². The van der Waals surface area contributed by atoms with Crippen LogP contribution in [0.2, 0.25) is 0 Å². The molecular formula is C23H27NO6. The van der Waals surface area contributed by atoms with Gasteiger partial charge in [-0.2, -0.15) is 0 Å². The van der Waals surface area contributed by atoms with Crippen molar-refractivity contribution in [1.29, 1.82) is 0 Å². The Labute approximate surface area is 176 Å². The van der Waals surface area contributed by atoms with Gasteiger partial charge >= 0.3 is 11.9 Å². The SMILES string of the molecule is CCOC(=O)C1=CCC(/C=C/C2(O)C(=O)N(C)c3ccccc32)(C(=O)OCC)CC1. The maximum atomic E-state index is 12.8. The molecule has 7 heteroatoms. The number of likely N-dealkylation sites (N-methyl/N-ethyl adjacent to an activating group) is 1. The number of ether oxygens (including phenoxy) is 2. The van der Waals surface area contributed by atoms with Crippen LogP contribution in [0.5, 0.6) is 0 Å². The van der Waals surface area contributed by atoms with Crippen molar-refractivity contribution in [1.82, 2.24) is 0 Å². The monoisotopic (exact) mass is 413 g/mol. The predicted molar refractivity (Wildman–Crippen MR) is 111 cm³/mol. The maximum Gasteiger partial charge on any atom is 0.333 e.